The maximum Gasteiger partial charge on any atom is 0.225 e. The van der Waals surface area contributed by atoms with Crippen molar-refractivity contribution in [1.29, 1.82) is 0 Å². The fraction of sp³-hybridized carbons (Fsp3) is 0.708. The van der Waals surface area contributed by atoms with Gasteiger partial charge in [-0.2, -0.15) is 0 Å². The van der Waals surface area contributed by atoms with Crippen LogP contribution in [0.3, 0.4) is 0 Å². The largest absolute Gasteiger partial charge is 0.342 e. The number of nitrogens with zero attached hydrogens (tertiary/aromatic N) is 4. The molecule has 162 valence electrons. The van der Waals surface area contributed by atoms with E-state index < -0.39 is 0 Å². The molecule has 30 heavy (non-hydrogen) atoms. The van der Waals surface area contributed by atoms with E-state index in [-0.39, 0.29) is 0 Å². The average molecular weight is 410 g/mol. The third kappa shape index (κ3) is 3.86. The summed E-state index contributed by atoms with van der Waals surface area (Å²) in [7, 11) is 0. The molecule has 2 aromatic heterocycles. The molecule has 6 nitrogen and oxygen atoms in total. The van der Waals surface area contributed by atoms with Gasteiger partial charge in [0.25, 0.3) is 0 Å². The van der Waals surface area contributed by atoms with Crippen LogP contribution in [0.4, 0.5) is 0 Å². The Morgan fingerprint density at radius 2 is 1.77 bits per heavy atom. The quantitative estimate of drug-likeness (QED) is 0.831. The zero-order chi connectivity index (χ0) is 20.7. The molecule has 6 heteroatoms. The van der Waals surface area contributed by atoms with Crippen LogP contribution in [0, 0.1) is 17.8 Å². The Bertz CT molecular complexity index is 886. The highest BCUT2D eigenvalue weighted by Crippen LogP contribution is 2.36. The number of aromatic nitrogens is 3. The zero-order valence-corrected chi connectivity index (χ0v) is 18.4. The molecule has 1 N–H and O–H groups in total. The number of fused-ring (bicyclic) bond motifs is 1. The summed E-state index contributed by atoms with van der Waals surface area (Å²) in [5.41, 5.74) is 4.60. The van der Waals surface area contributed by atoms with Crippen molar-refractivity contribution in [2.75, 3.05) is 26.2 Å². The molecule has 5 rings (SSSR count). The molecular formula is C24H35N5O. The smallest absolute Gasteiger partial charge is 0.225 e. The lowest BCUT2D eigenvalue weighted by molar-refractivity contribution is -0.139. The number of likely N-dealkylation sites (tertiary alicyclic amines) is 2. The first-order chi connectivity index (χ1) is 14.6. The van der Waals surface area contributed by atoms with E-state index in [2.05, 4.69) is 33.6 Å². The van der Waals surface area contributed by atoms with E-state index in [1.165, 1.54) is 24.1 Å². The summed E-state index contributed by atoms with van der Waals surface area (Å²) in [5, 5.41) is 0. The molecule has 3 aliphatic rings. The van der Waals surface area contributed by atoms with Gasteiger partial charge in [-0.15, -0.1) is 0 Å². The Hall–Kier alpha value is -1.95. The fourth-order valence-corrected chi connectivity index (χ4v) is 5.94. The van der Waals surface area contributed by atoms with Crippen molar-refractivity contribution in [3.05, 3.63) is 23.7 Å². The number of carbonyl (C=O) groups excluding carboxylic acids is 1. The van der Waals surface area contributed by atoms with Crippen molar-refractivity contribution in [3.63, 3.8) is 0 Å². The zero-order valence-electron chi connectivity index (χ0n) is 18.4. The molecule has 0 unspecified atom stereocenters. The van der Waals surface area contributed by atoms with E-state index >= 15 is 0 Å². The SMILES string of the molecule is C[C@@H]1C[C@@H](C)CN(Cc2c(C3CCN(C(=O)C4CCC4)CC3)[nH]c3nccnc23)C1. The van der Waals surface area contributed by atoms with Crippen LogP contribution in [0.2, 0.25) is 0 Å². The maximum absolute atomic E-state index is 12.6. The highest BCUT2D eigenvalue weighted by atomic mass is 16.2. The van der Waals surface area contributed by atoms with Crippen molar-refractivity contribution >= 4 is 17.1 Å². The monoisotopic (exact) mass is 409 g/mol. The van der Waals surface area contributed by atoms with Crippen LogP contribution in [0.15, 0.2) is 12.4 Å². The van der Waals surface area contributed by atoms with E-state index in [9.17, 15) is 4.79 Å². The lowest BCUT2D eigenvalue weighted by atomic mass is 9.83. The van der Waals surface area contributed by atoms with Crippen LogP contribution in [-0.4, -0.2) is 56.8 Å². The van der Waals surface area contributed by atoms with Gasteiger partial charge in [-0.25, -0.2) is 4.98 Å². The van der Waals surface area contributed by atoms with Gasteiger partial charge in [-0.1, -0.05) is 20.3 Å². The van der Waals surface area contributed by atoms with Gasteiger partial charge in [0.15, 0.2) is 5.65 Å². The molecule has 1 saturated carbocycles. The minimum atomic E-state index is 0.307. The molecule has 2 atom stereocenters. The Labute approximate surface area is 179 Å². The first-order valence-electron chi connectivity index (χ1n) is 11.9. The lowest BCUT2D eigenvalue weighted by Gasteiger charge is -2.37. The minimum absolute atomic E-state index is 0.307. The molecule has 2 saturated heterocycles. The summed E-state index contributed by atoms with van der Waals surface area (Å²) in [6, 6.07) is 0. The Morgan fingerprint density at radius 1 is 1.07 bits per heavy atom. The molecule has 2 aliphatic heterocycles. The first-order valence-corrected chi connectivity index (χ1v) is 11.9. The molecule has 0 aromatic carbocycles. The number of hydrogen-bond donors (Lipinski definition) is 1. The van der Waals surface area contributed by atoms with Gasteiger partial charge in [0.1, 0.15) is 5.52 Å². The Balaban J connectivity index is 1.35. The van der Waals surface area contributed by atoms with Crippen molar-refractivity contribution < 1.29 is 4.79 Å². The summed E-state index contributed by atoms with van der Waals surface area (Å²) in [6.07, 6.45) is 10.4. The number of piperidine rings is 2. The summed E-state index contributed by atoms with van der Waals surface area (Å²) in [6.45, 7) is 9.77. The Morgan fingerprint density at radius 3 is 2.43 bits per heavy atom. The van der Waals surface area contributed by atoms with E-state index in [1.807, 2.05) is 6.20 Å². The fourth-order valence-electron chi connectivity index (χ4n) is 5.94. The summed E-state index contributed by atoms with van der Waals surface area (Å²) >= 11 is 0. The highest BCUT2D eigenvalue weighted by Gasteiger charge is 2.33. The second-order valence-corrected chi connectivity index (χ2v) is 10.1. The standard InChI is InChI=1S/C24H35N5O/c1-16-12-17(2)14-28(13-16)15-20-21(27-23-22(20)25-8-9-26-23)18-6-10-29(11-7-18)24(30)19-4-3-5-19/h8-9,16-19H,3-7,10-15H2,1-2H3,(H,26,27)/t16-,17-/m1/s1. The molecule has 0 bridgehead atoms. The third-order valence-electron chi connectivity index (χ3n) is 7.56. The lowest BCUT2D eigenvalue weighted by Crippen LogP contribution is -2.43. The summed E-state index contributed by atoms with van der Waals surface area (Å²) in [5.74, 6) is 2.66. The van der Waals surface area contributed by atoms with Gasteiger partial charge in [-0.05, 0) is 43.9 Å². The van der Waals surface area contributed by atoms with Crippen molar-refractivity contribution in [2.45, 2.75) is 64.8 Å². The molecule has 0 spiro atoms. The van der Waals surface area contributed by atoms with E-state index in [4.69, 9.17) is 4.98 Å². The number of rotatable bonds is 4. The molecule has 4 heterocycles. The predicted molar refractivity (Wildman–Crippen MR) is 118 cm³/mol. The van der Waals surface area contributed by atoms with Crippen LogP contribution < -0.4 is 0 Å². The van der Waals surface area contributed by atoms with Crippen molar-refractivity contribution in [3.8, 4) is 0 Å². The van der Waals surface area contributed by atoms with E-state index in [1.54, 1.807) is 6.20 Å². The topological polar surface area (TPSA) is 65.1 Å². The highest BCUT2D eigenvalue weighted by molar-refractivity contribution is 5.80. The van der Waals surface area contributed by atoms with E-state index in [0.29, 0.717) is 17.7 Å². The van der Waals surface area contributed by atoms with Gasteiger partial charge in [0, 0.05) is 68.2 Å². The van der Waals surface area contributed by atoms with Crippen molar-refractivity contribution in [2.24, 2.45) is 17.8 Å². The number of aromatic amines is 1. The van der Waals surface area contributed by atoms with Gasteiger partial charge >= 0.3 is 0 Å². The normalized spacial score (nSPS) is 26.8. The number of H-pyrrole nitrogens is 1. The van der Waals surface area contributed by atoms with Gasteiger partial charge in [-0.3, -0.25) is 14.7 Å². The van der Waals surface area contributed by atoms with Crippen molar-refractivity contribution in [1.82, 2.24) is 24.8 Å². The Kier molecular flexibility index (Phi) is 5.52. The second kappa shape index (κ2) is 8.29. The maximum atomic E-state index is 12.6. The van der Waals surface area contributed by atoms with Crippen LogP contribution >= 0.6 is 0 Å². The predicted octanol–water partition coefficient (Wildman–Crippen LogP) is 3.94. The van der Waals surface area contributed by atoms with E-state index in [0.717, 1.165) is 81.4 Å². The average Bonchev–Trinajstić information content (AvgIpc) is 3.04. The van der Waals surface area contributed by atoms with Gasteiger partial charge in [0.05, 0.1) is 0 Å². The van der Waals surface area contributed by atoms with Crippen LogP contribution in [-0.2, 0) is 11.3 Å². The number of nitrogens with one attached hydrogen (secondary N) is 1. The molecular weight excluding hydrogens is 374 g/mol. The molecule has 2 aromatic rings. The first kappa shape index (κ1) is 20.0. The minimum Gasteiger partial charge on any atom is -0.342 e. The summed E-state index contributed by atoms with van der Waals surface area (Å²) < 4.78 is 0. The van der Waals surface area contributed by atoms with Crippen LogP contribution in [0.1, 0.15) is 69.5 Å². The van der Waals surface area contributed by atoms with Gasteiger partial charge < -0.3 is 9.88 Å². The molecule has 1 amide bonds. The van der Waals surface area contributed by atoms with Crippen LogP contribution in [0.5, 0.6) is 0 Å². The van der Waals surface area contributed by atoms with Crippen LogP contribution in [0.25, 0.3) is 11.2 Å². The second-order valence-electron chi connectivity index (χ2n) is 10.1. The number of amides is 1. The number of hydrogen-bond acceptors (Lipinski definition) is 4. The molecule has 1 aliphatic carbocycles. The molecule has 0 radical (unpaired) electrons. The summed E-state index contributed by atoms with van der Waals surface area (Å²) in [4.78, 5) is 30.3. The van der Waals surface area contributed by atoms with Gasteiger partial charge in [0.2, 0.25) is 5.91 Å². The number of carbonyl (C=O) groups is 1. The molecule has 3 fully saturated rings. The third-order valence-corrected chi connectivity index (χ3v) is 7.56.